The average molecular weight is 1100 g/mol. The van der Waals surface area contributed by atoms with E-state index < -0.39 is 60.6 Å². The fourth-order valence-corrected chi connectivity index (χ4v) is 10.1. The van der Waals surface area contributed by atoms with Gasteiger partial charge in [0.25, 0.3) is 11.8 Å². The SMILES string of the molecule is CCC1=C2C[C@@H](C)C[C@H](OC)[C@H](O)[C@@H](C)/C=C(\C)[C@H](OC(N)=O)[C@@H](C)/C=C\C=C(/C)C(=O)NC(=CC1=O)C2=O.C[NH2+]c1c(O)cc2c(O)c1C[C@@H](C)C[C@H](OC)[C@H](O)[C@@H](C)/C=C(\C)[C@H](OC(N)=O)[C@@H](C)/C=C\C=C(/C)C(=O)N2.[CH3-]. The second kappa shape index (κ2) is 31.8. The third kappa shape index (κ3) is 19.3. The van der Waals surface area contributed by atoms with Crippen molar-refractivity contribution >= 4 is 46.9 Å². The lowest BCUT2D eigenvalue weighted by Gasteiger charge is -2.29. The van der Waals surface area contributed by atoms with Crippen molar-refractivity contribution in [3.63, 3.8) is 0 Å². The van der Waals surface area contributed by atoms with Gasteiger partial charge in [-0.3, -0.25) is 19.2 Å². The van der Waals surface area contributed by atoms with Gasteiger partial charge in [-0.05, 0) is 82.8 Å². The van der Waals surface area contributed by atoms with Crippen molar-refractivity contribution in [2.24, 2.45) is 47.0 Å². The van der Waals surface area contributed by atoms with E-state index in [0.717, 1.165) is 5.57 Å². The molecule has 19 heteroatoms. The molecule has 3 aliphatic rings. The number of primary amides is 2. The lowest BCUT2D eigenvalue weighted by Crippen LogP contribution is -2.73. The van der Waals surface area contributed by atoms with Crippen LogP contribution in [0, 0.1) is 42.9 Å². The number of carbonyl (C=O) groups is 6. The molecule has 4 bridgehead atoms. The topological polar surface area (TPSA) is 313 Å². The van der Waals surface area contributed by atoms with Crippen LogP contribution in [0.2, 0.25) is 0 Å². The van der Waals surface area contributed by atoms with Gasteiger partial charge < -0.3 is 74.2 Å². The van der Waals surface area contributed by atoms with Gasteiger partial charge in [0.15, 0.2) is 17.2 Å². The van der Waals surface area contributed by atoms with Gasteiger partial charge in [0.1, 0.15) is 18.0 Å². The molecule has 4 amide bonds. The van der Waals surface area contributed by atoms with Gasteiger partial charge in [0.05, 0.1) is 48.4 Å². The molecule has 12 atom stereocenters. The number of phenolic OH excluding ortho intramolecular Hbond substituents is 2. The lowest BCUT2D eigenvalue weighted by atomic mass is 9.83. The van der Waals surface area contributed by atoms with Crippen LogP contribution < -0.4 is 27.4 Å². The second-order valence-electron chi connectivity index (χ2n) is 21.0. The summed E-state index contributed by atoms with van der Waals surface area (Å²) in [5, 5.41) is 51.1. The maximum atomic E-state index is 13.4. The molecule has 1 aromatic rings. The number of benzene rings is 1. The van der Waals surface area contributed by atoms with E-state index in [1.165, 1.54) is 26.4 Å². The van der Waals surface area contributed by atoms with Crippen LogP contribution in [0.15, 0.2) is 99.9 Å². The van der Waals surface area contributed by atoms with E-state index in [2.05, 4.69) is 10.6 Å². The van der Waals surface area contributed by atoms with E-state index >= 15 is 0 Å². The minimum atomic E-state index is -0.923. The van der Waals surface area contributed by atoms with Gasteiger partial charge in [-0.15, -0.1) is 0 Å². The highest BCUT2D eigenvalue weighted by atomic mass is 16.6. The molecule has 0 saturated carbocycles. The molecule has 0 spiro atoms. The van der Waals surface area contributed by atoms with Gasteiger partial charge in [-0.25, -0.2) is 9.59 Å². The predicted octanol–water partition coefficient (Wildman–Crippen LogP) is 7.29. The first-order chi connectivity index (χ1) is 36.6. The number of ketones is 2. The van der Waals surface area contributed by atoms with Crippen molar-refractivity contribution in [1.82, 2.24) is 5.32 Å². The van der Waals surface area contributed by atoms with Crippen LogP contribution in [-0.2, 0) is 44.5 Å². The average Bonchev–Trinajstić information content (AvgIpc) is 3.39. The van der Waals surface area contributed by atoms with Gasteiger partial charge >= 0.3 is 12.2 Å². The number of hydrogen-bond donors (Lipinski definition) is 9. The summed E-state index contributed by atoms with van der Waals surface area (Å²) in [6.45, 7) is 19.9. The number of Topliss-reactive ketones (excluding diaryl/α,β-unsaturated/α-hetero) is 1. The maximum absolute atomic E-state index is 13.4. The van der Waals surface area contributed by atoms with Gasteiger partial charge in [0.2, 0.25) is 5.78 Å². The second-order valence-corrected chi connectivity index (χ2v) is 21.0. The van der Waals surface area contributed by atoms with E-state index in [9.17, 15) is 49.2 Å². The van der Waals surface area contributed by atoms with Crippen molar-refractivity contribution in [3.05, 3.63) is 113 Å². The van der Waals surface area contributed by atoms with Crippen LogP contribution in [0.1, 0.15) is 107 Å². The zero-order valence-corrected chi connectivity index (χ0v) is 48.8. The number of aliphatic hydroxyl groups excluding tert-OH is 2. The fourth-order valence-electron chi connectivity index (χ4n) is 10.1. The first-order valence-corrected chi connectivity index (χ1v) is 26.5. The number of carbonyl (C=O) groups excluding carboxylic acids is 6. The van der Waals surface area contributed by atoms with Crippen molar-refractivity contribution in [1.29, 1.82) is 0 Å². The molecular formula is C60H89N5O14. The molecule has 1 aromatic carbocycles. The number of quaternary nitrogens is 1. The Morgan fingerprint density at radius 1 is 0.709 bits per heavy atom. The van der Waals surface area contributed by atoms with Crippen LogP contribution in [0.4, 0.5) is 21.0 Å². The van der Waals surface area contributed by atoms with Gasteiger partial charge in [-0.2, -0.15) is 0 Å². The summed E-state index contributed by atoms with van der Waals surface area (Å²) in [7, 11) is 4.81. The molecule has 4 rings (SSSR count). The molecule has 0 fully saturated rings. The highest BCUT2D eigenvalue weighted by Gasteiger charge is 2.34. The summed E-state index contributed by atoms with van der Waals surface area (Å²) >= 11 is 0. The summed E-state index contributed by atoms with van der Waals surface area (Å²) in [4.78, 5) is 75.2. The third-order valence-electron chi connectivity index (χ3n) is 14.5. The number of amides is 4. The van der Waals surface area contributed by atoms with Crippen LogP contribution in [0.5, 0.6) is 11.5 Å². The lowest BCUT2D eigenvalue weighted by molar-refractivity contribution is -0.540. The number of allylic oxidation sites excluding steroid dienone is 7. The van der Waals surface area contributed by atoms with Gasteiger partial charge in [-0.1, -0.05) is 97.1 Å². The number of aromatic hydroxyl groups is 2. The molecule has 2 heterocycles. The molecule has 19 nitrogen and oxygen atoms in total. The summed E-state index contributed by atoms with van der Waals surface area (Å²) in [5.74, 6) is -3.34. The van der Waals surface area contributed by atoms with Gasteiger partial charge in [0, 0.05) is 72.3 Å². The number of hydrogen-bond acceptors (Lipinski definition) is 14. The highest BCUT2D eigenvalue weighted by molar-refractivity contribution is 6.23. The summed E-state index contributed by atoms with van der Waals surface area (Å²) in [6, 6.07) is 1.33. The molecule has 12 N–H and O–H groups in total. The third-order valence-corrected chi connectivity index (χ3v) is 14.5. The Kier molecular flexibility index (Phi) is 27.6. The number of fused-ring (bicyclic) bond motifs is 4. The molecule has 2 aliphatic heterocycles. The van der Waals surface area contributed by atoms with E-state index in [1.807, 2.05) is 67.5 Å². The van der Waals surface area contributed by atoms with Crippen LogP contribution in [0.3, 0.4) is 0 Å². The maximum Gasteiger partial charge on any atom is 0.405 e. The van der Waals surface area contributed by atoms with Crippen molar-refractivity contribution in [2.45, 2.75) is 145 Å². The number of anilines is 1. The Hall–Kier alpha value is -6.64. The monoisotopic (exact) mass is 1100 g/mol. The normalized spacial score (nSPS) is 31.7. The molecule has 79 heavy (non-hydrogen) atoms. The standard InChI is InChI=1S/C30H42N2O7.C29H43N3O7.CH3/c1-8-21-22-12-16(2)13-25(38-7)26(34)19(5)14-20(6)28(39-30(31)37)17(3)10-9-11-18(4)29(36)32-23(27(22)35)15-24(21)33;1-15-11-20-24(31-6)22(33)14-21(26(20)35)32-28(36)17(3)10-8-9-16(2)27(39-29(30)37)19(5)13-18(4)25(34)23(12-15)38-7;/h9-11,14-17,19,25-26,28,34H,8,12-13H2,1-7H3,(H2,31,37)(H,32,36);8-10,13-16,18,23,25,27,31,33-35H,11-12H2,1-7H3,(H2,30,37)(H,32,36);1H3/q;;-1/p+1/b10-9-,18-11+,20-14+;9-8-,17-10+,19-13+;/t16-,17+,19+,25+,26-,28-;15-,16+,18+,23+,25-,27-;/m11./s1. The minimum Gasteiger partial charge on any atom is -0.505 e. The zero-order valence-electron chi connectivity index (χ0n) is 48.8. The quantitative estimate of drug-likeness (QED) is 0.0338. The molecule has 0 aromatic heterocycles. The Labute approximate surface area is 467 Å². The first kappa shape index (κ1) is 68.5. The Morgan fingerprint density at radius 2 is 1.15 bits per heavy atom. The van der Waals surface area contributed by atoms with E-state index in [-0.39, 0.29) is 77.4 Å². The van der Waals surface area contributed by atoms with Crippen LogP contribution in [0.25, 0.3) is 0 Å². The fraction of sp³-hybridized carbons (Fsp3) is 0.517. The molecule has 0 unspecified atom stereocenters. The van der Waals surface area contributed by atoms with Crippen molar-refractivity contribution in [3.8, 4) is 11.5 Å². The number of methoxy groups -OCH3 is 2. The first-order valence-electron chi connectivity index (χ1n) is 26.5. The predicted molar refractivity (Wildman–Crippen MR) is 304 cm³/mol. The number of aliphatic hydroxyl groups is 2. The summed E-state index contributed by atoms with van der Waals surface area (Å²) in [6.07, 6.45) is 10.8. The molecular weight excluding hydrogens is 1010 g/mol. The molecule has 1 aliphatic carbocycles. The zero-order chi connectivity index (χ0) is 58.9. The molecule has 0 saturated heterocycles. The highest BCUT2D eigenvalue weighted by Crippen LogP contribution is 2.40. The van der Waals surface area contributed by atoms with Crippen molar-refractivity contribution < 1.29 is 73.5 Å². The molecule has 438 valence electrons. The number of rotatable bonds is 6. The number of nitrogens with one attached hydrogen (secondary N) is 2. The minimum absolute atomic E-state index is 0. The van der Waals surface area contributed by atoms with E-state index in [0.29, 0.717) is 71.2 Å². The van der Waals surface area contributed by atoms with E-state index in [1.54, 1.807) is 69.6 Å². The Bertz CT molecular complexity index is 2610. The number of nitrogens with two attached hydrogens (primary N) is 3. The summed E-state index contributed by atoms with van der Waals surface area (Å²) < 4.78 is 22.1. The van der Waals surface area contributed by atoms with Crippen molar-refractivity contribution in [2.75, 3.05) is 26.6 Å². The Balaban J connectivity index is 0.000000533. The molecule has 0 radical (unpaired) electrons. The Morgan fingerprint density at radius 3 is 1.57 bits per heavy atom. The van der Waals surface area contributed by atoms with E-state index in [4.69, 9.17) is 30.4 Å². The number of phenols is 2. The summed E-state index contributed by atoms with van der Waals surface area (Å²) in [5.41, 5.74) is 14.6. The van der Waals surface area contributed by atoms with Crippen LogP contribution in [-0.4, -0.2) is 114 Å². The largest absolute Gasteiger partial charge is 0.505 e. The number of ether oxygens (including phenoxy) is 4. The van der Waals surface area contributed by atoms with Crippen LogP contribution >= 0.6 is 0 Å². The smallest absolute Gasteiger partial charge is 0.405 e.